The molecule has 1 fully saturated rings. The van der Waals surface area contributed by atoms with Crippen LogP contribution in [-0.2, 0) is 11.2 Å². The second kappa shape index (κ2) is 8.41. The Balaban J connectivity index is 1.74. The number of nitrogens with zero attached hydrogens (tertiary/aromatic N) is 1. The summed E-state index contributed by atoms with van der Waals surface area (Å²) in [7, 11) is 2.05. The fourth-order valence-corrected chi connectivity index (χ4v) is 3.31. The van der Waals surface area contributed by atoms with Crippen molar-refractivity contribution < 1.29 is 24.8 Å². The Bertz CT molecular complexity index is 777. The van der Waals surface area contributed by atoms with Gasteiger partial charge >= 0.3 is 0 Å². The zero-order chi connectivity index (χ0) is 19.6. The number of aromatic amines is 1. The van der Waals surface area contributed by atoms with Gasteiger partial charge in [0, 0.05) is 30.2 Å². The Morgan fingerprint density at radius 3 is 2.78 bits per heavy atom. The third kappa shape index (κ3) is 4.34. The predicted molar refractivity (Wildman–Crippen MR) is 103 cm³/mol. The molecule has 0 radical (unpaired) electrons. The molecule has 2 aromatic rings. The van der Waals surface area contributed by atoms with Crippen LogP contribution in [-0.4, -0.2) is 76.0 Å². The van der Waals surface area contributed by atoms with E-state index in [9.17, 15) is 15.3 Å². The zero-order valence-electron chi connectivity index (χ0n) is 15.7. The number of rotatable bonds is 7. The van der Waals surface area contributed by atoms with Gasteiger partial charge in [0.25, 0.3) is 0 Å². The maximum absolute atomic E-state index is 10.1. The molecule has 0 aliphatic carbocycles. The number of aliphatic hydroxyl groups is 3. The first-order valence-corrected chi connectivity index (χ1v) is 9.16. The van der Waals surface area contributed by atoms with Crippen LogP contribution in [0.4, 0.5) is 0 Å². The lowest BCUT2D eigenvalue weighted by atomic mass is 10.00. The molecule has 0 saturated carbocycles. The maximum Gasteiger partial charge on any atom is 0.229 e. The van der Waals surface area contributed by atoms with E-state index in [0.717, 1.165) is 30.4 Å². The van der Waals surface area contributed by atoms with Crippen molar-refractivity contribution in [3.8, 4) is 5.75 Å². The normalized spacial score (nSPS) is 28.6. The number of hydrogen-bond donors (Lipinski definition) is 4. The fraction of sp³-hybridized carbons (Fsp3) is 0.500. The first kappa shape index (κ1) is 19.9. The van der Waals surface area contributed by atoms with Crippen molar-refractivity contribution in [1.29, 1.82) is 0 Å². The standard InChI is InChI=1S/C20H28N2O5/c1-4-8-22(3)9-7-13-11-21-16-6-5-14(10-15(13)16)27-20-19(25)18(24)17(23)12(2)26-20/h4-6,10-12,17-21,23-25H,1,7-9H2,2-3H3. The summed E-state index contributed by atoms with van der Waals surface area (Å²) in [6, 6.07) is 5.59. The van der Waals surface area contributed by atoms with Crippen LogP contribution in [0.5, 0.6) is 5.75 Å². The maximum atomic E-state index is 10.1. The number of nitrogens with one attached hydrogen (secondary N) is 1. The molecule has 27 heavy (non-hydrogen) atoms. The molecule has 5 atom stereocenters. The van der Waals surface area contributed by atoms with Crippen LogP contribution in [0.1, 0.15) is 12.5 Å². The van der Waals surface area contributed by atoms with Crippen LogP contribution in [0.2, 0.25) is 0 Å². The highest BCUT2D eigenvalue weighted by Crippen LogP contribution is 2.28. The Morgan fingerprint density at radius 2 is 2.04 bits per heavy atom. The summed E-state index contributed by atoms with van der Waals surface area (Å²) in [4.78, 5) is 5.44. The van der Waals surface area contributed by atoms with Gasteiger partial charge in [-0.05, 0) is 44.2 Å². The van der Waals surface area contributed by atoms with E-state index in [1.54, 1.807) is 13.0 Å². The van der Waals surface area contributed by atoms with E-state index in [1.807, 2.05) is 31.5 Å². The van der Waals surface area contributed by atoms with Crippen molar-refractivity contribution in [1.82, 2.24) is 9.88 Å². The highest BCUT2D eigenvalue weighted by molar-refractivity contribution is 5.84. The third-order valence-corrected chi connectivity index (χ3v) is 5.00. The number of ether oxygens (including phenoxy) is 2. The molecule has 7 nitrogen and oxygen atoms in total. The molecule has 1 saturated heterocycles. The lowest BCUT2D eigenvalue weighted by Crippen LogP contribution is -2.58. The summed E-state index contributed by atoms with van der Waals surface area (Å²) in [6.07, 6.45) is -0.731. The van der Waals surface area contributed by atoms with Gasteiger partial charge in [-0.3, -0.25) is 0 Å². The number of hydrogen-bond acceptors (Lipinski definition) is 6. The highest BCUT2D eigenvalue weighted by atomic mass is 16.7. The van der Waals surface area contributed by atoms with E-state index < -0.39 is 30.7 Å². The quantitative estimate of drug-likeness (QED) is 0.539. The first-order valence-electron chi connectivity index (χ1n) is 9.16. The number of aromatic nitrogens is 1. The molecular formula is C20H28N2O5. The smallest absolute Gasteiger partial charge is 0.229 e. The summed E-state index contributed by atoms with van der Waals surface area (Å²) in [5.74, 6) is 0.530. The molecule has 5 unspecified atom stereocenters. The van der Waals surface area contributed by atoms with Gasteiger partial charge < -0.3 is 34.7 Å². The van der Waals surface area contributed by atoms with E-state index in [2.05, 4.69) is 16.5 Å². The molecule has 7 heteroatoms. The molecule has 0 spiro atoms. The molecule has 2 heterocycles. The lowest BCUT2D eigenvalue weighted by molar-refractivity contribution is -0.268. The number of likely N-dealkylation sites (N-methyl/N-ethyl adjacent to an activating group) is 1. The summed E-state index contributed by atoms with van der Waals surface area (Å²) >= 11 is 0. The van der Waals surface area contributed by atoms with Crippen LogP contribution >= 0.6 is 0 Å². The molecule has 0 bridgehead atoms. The zero-order valence-corrected chi connectivity index (χ0v) is 15.7. The van der Waals surface area contributed by atoms with Gasteiger partial charge in [-0.2, -0.15) is 0 Å². The van der Waals surface area contributed by atoms with E-state index in [4.69, 9.17) is 9.47 Å². The van der Waals surface area contributed by atoms with E-state index in [0.29, 0.717) is 5.75 Å². The average molecular weight is 376 g/mol. The number of H-pyrrole nitrogens is 1. The molecule has 4 N–H and O–H groups in total. The second-order valence-electron chi connectivity index (χ2n) is 7.12. The van der Waals surface area contributed by atoms with Crippen LogP contribution in [0.3, 0.4) is 0 Å². The number of benzene rings is 1. The summed E-state index contributed by atoms with van der Waals surface area (Å²) in [6.45, 7) is 7.11. The lowest BCUT2D eigenvalue weighted by Gasteiger charge is -2.38. The van der Waals surface area contributed by atoms with Gasteiger partial charge in [0.1, 0.15) is 24.1 Å². The van der Waals surface area contributed by atoms with E-state index in [1.165, 1.54) is 5.56 Å². The molecular weight excluding hydrogens is 348 g/mol. The average Bonchev–Trinajstić information content (AvgIpc) is 3.05. The molecule has 1 aliphatic rings. The molecule has 1 aromatic carbocycles. The van der Waals surface area contributed by atoms with Gasteiger partial charge in [0.15, 0.2) is 0 Å². The molecule has 1 aliphatic heterocycles. The fourth-order valence-electron chi connectivity index (χ4n) is 3.31. The summed E-state index contributed by atoms with van der Waals surface area (Å²) in [5.41, 5.74) is 2.16. The van der Waals surface area contributed by atoms with Crippen LogP contribution in [0, 0.1) is 0 Å². The van der Waals surface area contributed by atoms with Crippen LogP contribution in [0.25, 0.3) is 10.9 Å². The summed E-state index contributed by atoms with van der Waals surface area (Å²) in [5, 5.41) is 30.9. The van der Waals surface area contributed by atoms with Gasteiger partial charge in [-0.1, -0.05) is 6.08 Å². The Kier molecular flexibility index (Phi) is 6.18. The Morgan fingerprint density at radius 1 is 1.26 bits per heavy atom. The van der Waals surface area contributed by atoms with Gasteiger partial charge in [0.2, 0.25) is 6.29 Å². The highest BCUT2D eigenvalue weighted by Gasteiger charge is 2.43. The van der Waals surface area contributed by atoms with Gasteiger partial charge in [0.05, 0.1) is 6.10 Å². The Labute approximate surface area is 158 Å². The monoisotopic (exact) mass is 376 g/mol. The number of aliphatic hydroxyl groups excluding tert-OH is 3. The molecule has 1 aromatic heterocycles. The SMILES string of the molecule is C=CCN(C)CCc1c[nH]c2ccc(OC3OC(C)C(O)C(O)C3O)cc12. The molecule has 3 rings (SSSR count). The molecule has 148 valence electrons. The first-order chi connectivity index (χ1) is 12.9. The van der Waals surface area contributed by atoms with Crippen LogP contribution in [0.15, 0.2) is 37.1 Å². The minimum absolute atomic E-state index is 0.530. The topological polar surface area (TPSA) is 98.2 Å². The minimum atomic E-state index is -1.33. The molecule has 0 amide bonds. The van der Waals surface area contributed by atoms with E-state index in [-0.39, 0.29) is 0 Å². The third-order valence-electron chi connectivity index (χ3n) is 5.00. The van der Waals surface area contributed by atoms with Crippen LogP contribution < -0.4 is 4.74 Å². The largest absolute Gasteiger partial charge is 0.462 e. The predicted octanol–water partition coefficient (Wildman–Crippen LogP) is 1.03. The Hall–Kier alpha value is -1.90. The van der Waals surface area contributed by atoms with E-state index >= 15 is 0 Å². The van der Waals surface area contributed by atoms with Crippen molar-refractivity contribution in [2.45, 2.75) is 44.1 Å². The van der Waals surface area contributed by atoms with Crippen molar-refractivity contribution in [2.75, 3.05) is 20.1 Å². The van der Waals surface area contributed by atoms with Gasteiger partial charge in [-0.25, -0.2) is 0 Å². The summed E-state index contributed by atoms with van der Waals surface area (Å²) < 4.78 is 11.3. The minimum Gasteiger partial charge on any atom is -0.462 e. The second-order valence-corrected chi connectivity index (χ2v) is 7.12. The van der Waals surface area contributed by atoms with Crippen molar-refractivity contribution in [3.63, 3.8) is 0 Å². The van der Waals surface area contributed by atoms with Crippen molar-refractivity contribution >= 4 is 10.9 Å². The van der Waals surface area contributed by atoms with Crippen molar-refractivity contribution in [3.05, 3.63) is 42.6 Å². The number of fused-ring (bicyclic) bond motifs is 1. The van der Waals surface area contributed by atoms with Gasteiger partial charge in [-0.15, -0.1) is 6.58 Å². The van der Waals surface area contributed by atoms with Crippen molar-refractivity contribution in [2.24, 2.45) is 0 Å².